The standard InChI is InChI=1S/C13H18ClN3O2S/c1-13(2,3)19-12(18)16-7-8-4-5-9(14)10(6-8)17-11(15)20/h4-6H,7H2,1-3H3,(H,16,18)(H3,15,17,20). The van der Waals surface area contributed by atoms with Gasteiger partial charge in [0.25, 0.3) is 0 Å². The molecule has 0 saturated carbocycles. The molecule has 5 nitrogen and oxygen atoms in total. The highest BCUT2D eigenvalue weighted by Crippen LogP contribution is 2.22. The highest BCUT2D eigenvalue weighted by Gasteiger charge is 2.15. The fourth-order valence-corrected chi connectivity index (χ4v) is 1.67. The summed E-state index contributed by atoms with van der Waals surface area (Å²) in [6.07, 6.45) is -0.476. The number of rotatable bonds is 3. The minimum Gasteiger partial charge on any atom is -0.444 e. The number of hydrogen-bond acceptors (Lipinski definition) is 3. The molecule has 0 aromatic heterocycles. The number of halogens is 1. The lowest BCUT2D eigenvalue weighted by molar-refractivity contribution is 0.0523. The largest absolute Gasteiger partial charge is 0.444 e. The smallest absolute Gasteiger partial charge is 0.407 e. The van der Waals surface area contributed by atoms with E-state index in [4.69, 9.17) is 34.3 Å². The van der Waals surface area contributed by atoms with Crippen molar-refractivity contribution < 1.29 is 9.53 Å². The second-order valence-electron chi connectivity index (χ2n) is 5.16. The lowest BCUT2D eigenvalue weighted by Gasteiger charge is -2.19. The van der Waals surface area contributed by atoms with Gasteiger partial charge in [0.1, 0.15) is 5.60 Å². The van der Waals surface area contributed by atoms with Crippen molar-refractivity contribution in [3.63, 3.8) is 0 Å². The molecule has 0 heterocycles. The van der Waals surface area contributed by atoms with E-state index in [-0.39, 0.29) is 5.11 Å². The van der Waals surface area contributed by atoms with Crippen molar-refractivity contribution in [1.29, 1.82) is 0 Å². The Balaban J connectivity index is 2.65. The van der Waals surface area contributed by atoms with Crippen LogP contribution in [0.1, 0.15) is 26.3 Å². The SMILES string of the molecule is CC(C)(C)OC(=O)NCc1ccc(Cl)c(NC(N)=S)c1. The number of amides is 1. The topological polar surface area (TPSA) is 76.4 Å². The quantitative estimate of drug-likeness (QED) is 0.747. The molecule has 0 aliphatic rings. The highest BCUT2D eigenvalue weighted by atomic mass is 35.5. The van der Waals surface area contributed by atoms with Gasteiger partial charge in [0, 0.05) is 6.54 Å². The summed E-state index contributed by atoms with van der Waals surface area (Å²) in [5.41, 5.74) is 6.33. The average molecular weight is 316 g/mol. The lowest BCUT2D eigenvalue weighted by atomic mass is 10.2. The number of ether oxygens (including phenoxy) is 1. The first-order valence-electron chi connectivity index (χ1n) is 5.99. The molecule has 4 N–H and O–H groups in total. The number of carbonyl (C=O) groups excluding carboxylic acids is 1. The van der Waals surface area contributed by atoms with Crippen LogP contribution in [0.25, 0.3) is 0 Å². The van der Waals surface area contributed by atoms with Gasteiger partial charge in [-0.25, -0.2) is 4.79 Å². The summed E-state index contributed by atoms with van der Waals surface area (Å²) in [7, 11) is 0. The van der Waals surface area contributed by atoms with Crippen LogP contribution in [0, 0.1) is 0 Å². The minimum absolute atomic E-state index is 0.129. The molecule has 110 valence electrons. The Labute approximate surface area is 128 Å². The number of hydrogen-bond donors (Lipinski definition) is 3. The predicted octanol–water partition coefficient (Wildman–Crippen LogP) is 3.02. The van der Waals surface area contributed by atoms with Crippen molar-refractivity contribution >= 4 is 40.7 Å². The van der Waals surface area contributed by atoms with Crippen LogP contribution in [0.2, 0.25) is 5.02 Å². The number of alkyl carbamates (subject to hydrolysis) is 1. The molecule has 0 atom stereocenters. The maximum absolute atomic E-state index is 11.5. The second kappa shape index (κ2) is 6.76. The fourth-order valence-electron chi connectivity index (χ4n) is 1.40. The number of thiocarbonyl (C=S) groups is 1. The van der Waals surface area contributed by atoms with E-state index in [0.29, 0.717) is 17.3 Å². The van der Waals surface area contributed by atoms with Crippen LogP contribution in [0.5, 0.6) is 0 Å². The Bertz CT molecular complexity index is 515. The molecule has 0 aliphatic carbocycles. The van der Waals surface area contributed by atoms with Crippen LogP contribution in [0.4, 0.5) is 10.5 Å². The Morgan fingerprint density at radius 3 is 2.65 bits per heavy atom. The van der Waals surface area contributed by atoms with E-state index in [0.717, 1.165) is 5.56 Å². The van der Waals surface area contributed by atoms with Gasteiger partial charge in [-0.05, 0) is 50.7 Å². The second-order valence-corrected chi connectivity index (χ2v) is 6.01. The maximum atomic E-state index is 11.5. The molecule has 7 heteroatoms. The van der Waals surface area contributed by atoms with E-state index in [2.05, 4.69) is 10.6 Å². The number of benzene rings is 1. The summed E-state index contributed by atoms with van der Waals surface area (Å²) < 4.78 is 5.15. The first-order valence-corrected chi connectivity index (χ1v) is 6.78. The molecule has 1 aromatic rings. The van der Waals surface area contributed by atoms with Crippen LogP contribution in [0.3, 0.4) is 0 Å². The molecule has 1 amide bonds. The van der Waals surface area contributed by atoms with E-state index in [1.807, 2.05) is 0 Å². The summed E-state index contributed by atoms with van der Waals surface area (Å²) in [6, 6.07) is 5.26. The number of carbonyl (C=O) groups is 1. The van der Waals surface area contributed by atoms with Crippen molar-refractivity contribution in [1.82, 2.24) is 5.32 Å². The van der Waals surface area contributed by atoms with Gasteiger partial charge >= 0.3 is 6.09 Å². The first-order chi connectivity index (χ1) is 9.17. The first kappa shape index (κ1) is 16.5. The van der Waals surface area contributed by atoms with Gasteiger partial charge in [-0.3, -0.25) is 0 Å². The van der Waals surface area contributed by atoms with Crippen molar-refractivity contribution in [3.8, 4) is 0 Å². The minimum atomic E-state index is -0.525. The molecule has 0 aliphatic heterocycles. The number of nitrogens with one attached hydrogen (secondary N) is 2. The Hall–Kier alpha value is -1.53. The summed E-state index contributed by atoms with van der Waals surface area (Å²) in [6.45, 7) is 5.73. The van der Waals surface area contributed by atoms with E-state index in [9.17, 15) is 4.79 Å². The zero-order valence-corrected chi connectivity index (χ0v) is 13.2. The van der Waals surface area contributed by atoms with Crippen LogP contribution < -0.4 is 16.4 Å². The molecular formula is C13H18ClN3O2S. The Kier molecular flexibility index (Phi) is 5.59. The molecule has 0 radical (unpaired) electrons. The molecule has 1 rings (SSSR count). The summed E-state index contributed by atoms with van der Waals surface area (Å²) in [5.74, 6) is 0. The third kappa shape index (κ3) is 6.08. The van der Waals surface area contributed by atoms with Gasteiger partial charge in [-0.1, -0.05) is 17.7 Å². The third-order valence-corrected chi connectivity index (χ3v) is 2.56. The van der Waals surface area contributed by atoms with Crippen LogP contribution in [-0.2, 0) is 11.3 Å². The van der Waals surface area contributed by atoms with Crippen molar-refractivity contribution in [2.24, 2.45) is 5.73 Å². The van der Waals surface area contributed by atoms with Crippen molar-refractivity contribution in [2.45, 2.75) is 32.9 Å². The van der Waals surface area contributed by atoms with Crippen LogP contribution >= 0.6 is 23.8 Å². The predicted molar refractivity (Wildman–Crippen MR) is 84.9 cm³/mol. The summed E-state index contributed by atoms with van der Waals surface area (Å²) >= 11 is 10.8. The van der Waals surface area contributed by atoms with Gasteiger partial charge in [-0.2, -0.15) is 0 Å². The molecular weight excluding hydrogens is 298 g/mol. The lowest BCUT2D eigenvalue weighted by Crippen LogP contribution is -2.32. The Morgan fingerprint density at radius 1 is 1.45 bits per heavy atom. The van der Waals surface area contributed by atoms with Gasteiger partial charge in [0.15, 0.2) is 5.11 Å². The number of anilines is 1. The highest BCUT2D eigenvalue weighted by molar-refractivity contribution is 7.80. The normalized spacial score (nSPS) is 10.8. The van der Waals surface area contributed by atoms with E-state index >= 15 is 0 Å². The maximum Gasteiger partial charge on any atom is 0.407 e. The van der Waals surface area contributed by atoms with E-state index < -0.39 is 11.7 Å². The molecule has 0 spiro atoms. The molecule has 0 unspecified atom stereocenters. The average Bonchev–Trinajstić information content (AvgIpc) is 2.27. The molecule has 1 aromatic carbocycles. The van der Waals surface area contributed by atoms with Crippen LogP contribution in [0.15, 0.2) is 18.2 Å². The van der Waals surface area contributed by atoms with Gasteiger partial charge in [0.2, 0.25) is 0 Å². The van der Waals surface area contributed by atoms with Crippen molar-refractivity contribution in [3.05, 3.63) is 28.8 Å². The zero-order valence-electron chi connectivity index (χ0n) is 11.6. The summed E-state index contributed by atoms with van der Waals surface area (Å²) in [5, 5.41) is 6.06. The monoisotopic (exact) mass is 315 g/mol. The zero-order chi connectivity index (χ0) is 15.3. The van der Waals surface area contributed by atoms with E-state index in [1.165, 1.54) is 0 Å². The van der Waals surface area contributed by atoms with Gasteiger partial charge < -0.3 is 21.1 Å². The van der Waals surface area contributed by atoms with Gasteiger partial charge in [0.05, 0.1) is 10.7 Å². The molecule has 0 fully saturated rings. The molecule has 0 bridgehead atoms. The third-order valence-electron chi connectivity index (χ3n) is 2.12. The van der Waals surface area contributed by atoms with Crippen LogP contribution in [-0.4, -0.2) is 16.8 Å². The Morgan fingerprint density at radius 2 is 2.10 bits per heavy atom. The van der Waals surface area contributed by atoms with Gasteiger partial charge in [-0.15, -0.1) is 0 Å². The van der Waals surface area contributed by atoms with E-state index in [1.54, 1.807) is 39.0 Å². The number of nitrogens with two attached hydrogens (primary N) is 1. The fraction of sp³-hybridized carbons (Fsp3) is 0.385. The molecule has 20 heavy (non-hydrogen) atoms. The summed E-state index contributed by atoms with van der Waals surface area (Å²) in [4.78, 5) is 11.5. The van der Waals surface area contributed by atoms with Crippen molar-refractivity contribution in [2.75, 3.05) is 5.32 Å². The molecule has 0 saturated heterocycles.